The van der Waals surface area contributed by atoms with E-state index in [0.717, 1.165) is 18.2 Å². The molecular formula is C16H22F2N2O3. The van der Waals surface area contributed by atoms with Crippen molar-refractivity contribution in [1.82, 2.24) is 4.90 Å². The summed E-state index contributed by atoms with van der Waals surface area (Å²) in [5.74, 6) is -1.91. The number of carbonyl (C=O) groups is 1. The van der Waals surface area contributed by atoms with Crippen molar-refractivity contribution in [3.8, 4) is 0 Å². The molecule has 1 aliphatic heterocycles. The van der Waals surface area contributed by atoms with E-state index in [0.29, 0.717) is 0 Å². The summed E-state index contributed by atoms with van der Waals surface area (Å²) in [6.45, 7) is 4.88. The molecule has 1 fully saturated rings. The first-order chi connectivity index (χ1) is 10.6. The van der Waals surface area contributed by atoms with Crippen molar-refractivity contribution in [1.29, 1.82) is 0 Å². The third-order valence-corrected chi connectivity index (χ3v) is 3.92. The van der Waals surface area contributed by atoms with Crippen LogP contribution in [0.2, 0.25) is 0 Å². The predicted molar refractivity (Wildman–Crippen MR) is 80.6 cm³/mol. The van der Waals surface area contributed by atoms with Gasteiger partial charge in [-0.15, -0.1) is 0 Å². The highest BCUT2D eigenvalue weighted by Crippen LogP contribution is 2.36. The summed E-state index contributed by atoms with van der Waals surface area (Å²) in [4.78, 5) is 13.5. The lowest BCUT2D eigenvalue weighted by atomic mass is 9.81. The molecule has 1 saturated heterocycles. The first kappa shape index (κ1) is 17.6. The van der Waals surface area contributed by atoms with E-state index in [1.165, 1.54) is 4.90 Å². The van der Waals surface area contributed by atoms with Crippen LogP contribution in [0.15, 0.2) is 18.2 Å². The normalized spacial score (nSPS) is 24.8. The molecular weight excluding hydrogens is 306 g/mol. The van der Waals surface area contributed by atoms with Crippen molar-refractivity contribution in [3.05, 3.63) is 35.4 Å². The van der Waals surface area contributed by atoms with Crippen LogP contribution < -0.4 is 5.73 Å². The number of amides is 1. The van der Waals surface area contributed by atoms with Gasteiger partial charge in [0.05, 0.1) is 5.54 Å². The van der Waals surface area contributed by atoms with E-state index < -0.39 is 34.8 Å². The standard InChI is InChI=1S/C16H22F2N2O3/c1-15(2,3)23-14(22)20-7-10(8-21)16(19,9-20)12-6-11(17)4-5-13(12)18/h4-6,10,21H,7-9,19H2,1-3H3/t10-,16-/m0/s1. The average molecular weight is 328 g/mol. The minimum atomic E-state index is -1.38. The van der Waals surface area contributed by atoms with Crippen molar-refractivity contribution in [2.24, 2.45) is 11.7 Å². The maximum Gasteiger partial charge on any atom is 0.410 e. The van der Waals surface area contributed by atoms with Gasteiger partial charge in [0, 0.05) is 31.2 Å². The SMILES string of the molecule is CC(C)(C)OC(=O)N1C[C@@H](CO)[C@](N)(c2cc(F)ccc2F)C1. The van der Waals surface area contributed by atoms with Crippen molar-refractivity contribution < 1.29 is 23.4 Å². The fraction of sp³-hybridized carbons (Fsp3) is 0.562. The van der Waals surface area contributed by atoms with Gasteiger partial charge in [0.15, 0.2) is 0 Å². The number of aliphatic hydroxyl groups is 1. The van der Waals surface area contributed by atoms with Crippen LogP contribution in [0.1, 0.15) is 26.3 Å². The third kappa shape index (κ3) is 3.61. The molecule has 1 aromatic rings. The minimum Gasteiger partial charge on any atom is -0.444 e. The number of carbonyl (C=O) groups excluding carboxylic acids is 1. The molecule has 5 nitrogen and oxygen atoms in total. The first-order valence-corrected chi connectivity index (χ1v) is 7.40. The van der Waals surface area contributed by atoms with E-state index in [2.05, 4.69) is 0 Å². The second-order valence-corrected chi connectivity index (χ2v) is 6.90. The van der Waals surface area contributed by atoms with Crippen LogP contribution in [0, 0.1) is 17.6 Å². The largest absolute Gasteiger partial charge is 0.444 e. The number of nitrogens with zero attached hydrogens (tertiary/aromatic N) is 1. The Bertz CT molecular complexity index is 603. The third-order valence-electron chi connectivity index (χ3n) is 3.92. The zero-order valence-electron chi connectivity index (χ0n) is 13.5. The van der Waals surface area contributed by atoms with E-state index in [9.17, 15) is 18.7 Å². The molecule has 1 aliphatic rings. The molecule has 0 spiro atoms. The highest BCUT2D eigenvalue weighted by Gasteiger charge is 2.48. The summed E-state index contributed by atoms with van der Waals surface area (Å²) in [5.41, 5.74) is 4.17. The fourth-order valence-electron chi connectivity index (χ4n) is 2.78. The maximum absolute atomic E-state index is 14.1. The smallest absolute Gasteiger partial charge is 0.410 e. The Hall–Kier alpha value is -1.73. The van der Waals surface area contributed by atoms with Crippen LogP contribution >= 0.6 is 0 Å². The fourth-order valence-corrected chi connectivity index (χ4v) is 2.78. The van der Waals surface area contributed by atoms with Crippen LogP contribution in [0.5, 0.6) is 0 Å². The summed E-state index contributed by atoms with van der Waals surface area (Å²) in [7, 11) is 0. The van der Waals surface area contributed by atoms with Crippen molar-refractivity contribution in [2.45, 2.75) is 31.9 Å². The van der Waals surface area contributed by atoms with E-state index in [1.807, 2.05) is 0 Å². The second kappa shape index (κ2) is 6.05. The first-order valence-electron chi connectivity index (χ1n) is 7.40. The number of benzene rings is 1. The number of hydrogen-bond acceptors (Lipinski definition) is 4. The van der Waals surface area contributed by atoms with Gasteiger partial charge in [-0.3, -0.25) is 0 Å². The van der Waals surface area contributed by atoms with Gasteiger partial charge in [-0.1, -0.05) is 0 Å². The van der Waals surface area contributed by atoms with Crippen LogP contribution in [-0.2, 0) is 10.3 Å². The molecule has 1 aromatic carbocycles. The predicted octanol–water partition coefficient (Wildman–Crippen LogP) is 1.98. The molecule has 7 heteroatoms. The lowest BCUT2D eigenvalue weighted by molar-refractivity contribution is 0.0279. The van der Waals surface area contributed by atoms with Crippen LogP contribution in [-0.4, -0.2) is 41.4 Å². The molecule has 0 radical (unpaired) electrons. The van der Waals surface area contributed by atoms with Gasteiger partial charge in [-0.05, 0) is 39.0 Å². The van der Waals surface area contributed by atoms with Crippen molar-refractivity contribution in [3.63, 3.8) is 0 Å². The molecule has 0 unspecified atom stereocenters. The Morgan fingerprint density at radius 2 is 2.13 bits per heavy atom. The second-order valence-electron chi connectivity index (χ2n) is 6.90. The van der Waals surface area contributed by atoms with Crippen LogP contribution in [0.3, 0.4) is 0 Å². The number of aliphatic hydroxyl groups excluding tert-OH is 1. The van der Waals surface area contributed by atoms with E-state index >= 15 is 0 Å². The lowest BCUT2D eigenvalue weighted by Gasteiger charge is -2.30. The zero-order valence-corrected chi connectivity index (χ0v) is 13.5. The highest BCUT2D eigenvalue weighted by atomic mass is 19.1. The minimum absolute atomic E-state index is 0.0531. The Balaban J connectivity index is 2.31. The van der Waals surface area contributed by atoms with Crippen molar-refractivity contribution >= 4 is 6.09 Å². The number of ether oxygens (including phenoxy) is 1. The number of hydrogen-bond donors (Lipinski definition) is 2. The molecule has 3 N–H and O–H groups in total. The molecule has 1 heterocycles. The Morgan fingerprint density at radius 3 is 2.70 bits per heavy atom. The Labute approximate surface area is 134 Å². The van der Waals surface area contributed by atoms with Crippen molar-refractivity contribution in [2.75, 3.05) is 19.7 Å². The van der Waals surface area contributed by atoms with E-state index in [4.69, 9.17) is 10.5 Å². The van der Waals surface area contributed by atoms with Gasteiger partial charge in [-0.25, -0.2) is 13.6 Å². The van der Waals surface area contributed by atoms with Gasteiger partial charge in [0.25, 0.3) is 0 Å². The monoisotopic (exact) mass is 328 g/mol. The van der Waals surface area contributed by atoms with Gasteiger partial charge < -0.3 is 20.5 Å². The molecule has 23 heavy (non-hydrogen) atoms. The van der Waals surface area contributed by atoms with E-state index in [-0.39, 0.29) is 25.3 Å². The number of rotatable bonds is 2. The zero-order chi connectivity index (χ0) is 17.4. The number of halogens is 2. The summed E-state index contributed by atoms with van der Waals surface area (Å²) < 4.78 is 32.9. The topological polar surface area (TPSA) is 75.8 Å². The molecule has 0 aliphatic carbocycles. The summed E-state index contributed by atoms with van der Waals surface area (Å²) in [6.07, 6.45) is -0.597. The summed E-state index contributed by atoms with van der Waals surface area (Å²) in [6, 6.07) is 3.00. The molecule has 2 rings (SSSR count). The lowest BCUT2D eigenvalue weighted by Crippen LogP contribution is -2.47. The number of nitrogens with two attached hydrogens (primary N) is 1. The molecule has 0 bridgehead atoms. The summed E-state index contributed by atoms with van der Waals surface area (Å²) in [5, 5.41) is 9.58. The van der Waals surface area contributed by atoms with E-state index in [1.54, 1.807) is 20.8 Å². The molecule has 1 amide bonds. The molecule has 128 valence electrons. The summed E-state index contributed by atoms with van der Waals surface area (Å²) >= 11 is 0. The molecule has 2 atom stereocenters. The van der Waals surface area contributed by atoms with Gasteiger partial charge in [0.2, 0.25) is 0 Å². The molecule has 0 saturated carbocycles. The van der Waals surface area contributed by atoms with Gasteiger partial charge in [-0.2, -0.15) is 0 Å². The molecule has 0 aromatic heterocycles. The number of likely N-dealkylation sites (tertiary alicyclic amines) is 1. The van der Waals surface area contributed by atoms with Gasteiger partial charge >= 0.3 is 6.09 Å². The average Bonchev–Trinajstić information content (AvgIpc) is 2.78. The van der Waals surface area contributed by atoms with Crippen LogP contribution in [0.25, 0.3) is 0 Å². The Morgan fingerprint density at radius 1 is 1.48 bits per heavy atom. The highest BCUT2D eigenvalue weighted by molar-refractivity contribution is 5.69. The quantitative estimate of drug-likeness (QED) is 0.870. The van der Waals surface area contributed by atoms with Crippen LogP contribution in [0.4, 0.5) is 13.6 Å². The maximum atomic E-state index is 14.1. The van der Waals surface area contributed by atoms with Gasteiger partial charge in [0.1, 0.15) is 17.2 Å². The Kier molecular flexibility index (Phi) is 4.64.